The van der Waals surface area contributed by atoms with Gasteiger partial charge in [0, 0.05) is 20.7 Å². The fourth-order valence-corrected chi connectivity index (χ4v) is 2.07. The van der Waals surface area contributed by atoms with E-state index in [1.165, 1.54) is 0 Å². The summed E-state index contributed by atoms with van der Waals surface area (Å²) in [7, 11) is 0. The molecular formula is C14H11BrClNO. The van der Waals surface area contributed by atoms with E-state index in [-0.39, 0.29) is 5.91 Å². The summed E-state index contributed by atoms with van der Waals surface area (Å²) in [6.07, 6.45) is 0. The van der Waals surface area contributed by atoms with Gasteiger partial charge in [0.15, 0.2) is 0 Å². The number of rotatable bonds is 2. The second kappa shape index (κ2) is 5.55. The van der Waals surface area contributed by atoms with E-state index in [1.807, 2.05) is 31.2 Å². The van der Waals surface area contributed by atoms with Crippen molar-refractivity contribution in [2.75, 3.05) is 5.32 Å². The highest BCUT2D eigenvalue weighted by Crippen LogP contribution is 2.19. The van der Waals surface area contributed by atoms with Crippen molar-refractivity contribution in [2.45, 2.75) is 6.92 Å². The first-order valence-electron chi connectivity index (χ1n) is 5.39. The van der Waals surface area contributed by atoms with E-state index >= 15 is 0 Å². The molecule has 0 radical (unpaired) electrons. The van der Waals surface area contributed by atoms with Gasteiger partial charge in [0.25, 0.3) is 5.91 Å². The minimum absolute atomic E-state index is 0.145. The number of carbonyl (C=O) groups is 1. The van der Waals surface area contributed by atoms with Crippen LogP contribution in [0.4, 0.5) is 5.69 Å². The fraction of sp³-hybridized carbons (Fsp3) is 0.0714. The summed E-state index contributed by atoms with van der Waals surface area (Å²) in [5, 5.41) is 3.49. The first-order chi connectivity index (χ1) is 8.56. The molecule has 0 saturated heterocycles. The van der Waals surface area contributed by atoms with Crippen molar-refractivity contribution in [1.29, 1.82) is 0 Å². The topological polar surface area (TPSA) is 29.1 Å². The van der Waals surface area contributed by atoms with Gasteiger partial charge in [0.1, 0.15) is 0 Å². The molecule has 0 aliphatic heterocycles. The molecule has 0 unspecified atom stereocenters. The van der Waals surface area contributed by atoms with E-state index in [2.05, 4.69) is 21.2 Å². The van der Waals surface area contributed by atoms with Gasteiger partial charge in [-0.15, -0.1) is 0 Å². The summed E-state index contributed by atoms with van der Waals surface area (Å²) in [4.78, 5) is 12.0. The van der Waals surface area contributed by atoms with Gasteiger partial charge in [-0.2, -0.15) is 0 Å². The van der Waals surface area contributed by atoms with Gasteiger partial charge in [0.2, 0.25) is 0 Å². The molecule has 0 aliphatic carbocycles. The van der Waals surface area contributed by atoms with Crippen LogP contribution in [0, 0.1) is 6.92 Å². The van der Waals surface area contributed by atoms with E-state index in [9.17, 15) is 4.79 Å². The summed E-state index contributed by atoms with van der Waals surface area (Å²) in [5.74, 6) is -0.145. The van der Waals surface area contributed by atoms with Gasteiger partial charge in [-0.1, -0.05) is 33.6 Å². The quantitative estimate of drug-likeness (QED) is 0.855. The highest BCUT2D eigenvalue weighted by molar-refractivity contribution is 9.10. The van der Waals surface area contributed by atoms with Gasteiger partial charge < -0.3 is 5.32 Å². The smallest absolute Gasteiger partial charge is 0.255 e. The molecule has 1 N–H and O–H groups in total. The zero-order valence-corrected chi connectivity index (χ0v) is 12.0. The van der Waals surface area contributed by atoms with Crippen molar-refractivity contribution < 1.29 is 4.79 Å². The Balaban J connectivity index is 2.19. The van der Waals surface area contributed by atoms with Crippen molar-refractivity contribution >= 4 is 39.1 Å². The Morgan fingerprint density at radius 3 is 2.67 bits per heavy atom. The lowest BCUT2D eigenvalue weighted by molar-refractivity contribution is 0.102. The number of halogens is 2. The van der Waals surface area contributed by atoms with Crippen molar-refractivity contribution in [3.8, 4) is 0 Å². The maximum atomic E-state index is 12.0. The Kier molecular flexibility index (Phi) is 4.04. The number of carbonyl (C=O) groups excluding carboxylic acids is 1. The normalized spacial score (nSPS) is 10.2. The standard InChI is InChI=1S/C14H11BrClNO/c1-9-7-10(5-6-13(9)16)14(18)17-12-4-2-3-11(15)8-12/h2-8H,1H3,(H,17,18). The van der Waals surface area contributed by atoms with Crippen LogP contribution in [0.1, 0.15) is 15.9 Å². The first kappa shape index (κ1) is 13.1. The number of benzene rings is 2. The van der Waals surface area contributed by atoms with Crippen LogP contribution in [0.5, 0.6) is 0 Å². The maximum Gasteiger partial charge on any atom is 0.255 e. The highest BCUT2D eigenvalue weighted by atomic mass is 79.9. The van der Waals surface area contributed by atoms with Crippen LogP contribution >= 0.6 is 27.5 Å². The number of amides is 1. The van der Waals surface area contributed by atoms with Gasteiger partial charge in [-0.05, 0) is 48.9 Å². The van der Waals surface area contributed by atoms with Crippen LogP contribution in [0.15, 0.2) is 46.9 Å². The van der Waals surface area contributed by atoms with E-state index in [0.29, 0.717) is 10.6 Å². The molecule has 0 fully saturated rings. The van der Waals surface area contributed by atoms with Gasteiger partial charge in [-0.25, -0.2) is 0 Å². The van der Waals surface area contributed by atoms with Crippen LogP contribution in [-0.4, -0.2) is 5.91 Å². The van der Waals surface area contributed by atoms with Crippen LogP contribution < -0.4 is 5.32 Å². The summed E-state index contributed by atoms with van der Waals surface area (Å²) >= 11 is 9.29. The number of hydrogen-bond donors (Lipinski definition) is 1. The van der Waals surface area contributed by atoms with Crippen molar-refractivity contribution in [3.63, 3.8) is 0 Å². The molecule has 18 heavy (non-hydrogen) atoms. The van der Waals surface area contributed by atoms with E-state index in [4.69, 9.17) is 11.6 Å². The largest absolute Gasteiger partial charge is 0.322 e. The van der Waals surface area contributed by atoms with E-state index in [0.717, 1.165) is 15.7 Å². The van der Waals surface area contributed by atoms with E-state index < -0.39 is 0 Å². The third kappa shape index (κ3) is 3.12. The van der Waals surface area contributed by atoms with Crippen LogP contribution in [0.3, 0.4) is 0 Å². The molecular weight excluding hydrogens is 314 g/mol. The van der Waals surface area contributed by atoms with Crippen molar-refractivity contribution in [3.05, 3.63) is 63.1 Å². The number of nitrogens with one attached hydrogen (secondary N) is 1. The lowest BCUT2D eigenvalue weighted by atomic mass is 10.1. The Morgan fingerprint density at radius 1 is 1.22 bits per heavy atom. The Morgan fingerprint density at radius 2 is 2.00 bits per heavy atom. The van der Waals surface area contributed by atoms with Crippen LogP contribution in [0.25, 0.3) is 0 Å². The SMILES string of the molecule is Cc1cc(C(=O)Nc2cccc(Br)c2)ccc1Cl. The summed E-state index contributed by atoms with van der Waals surface area (Å²) < 4.78 is 0.924. The molecule has 92 valence electrons. The summed E-state index contributed by atoms with van der Waals surface area (Å²) in [6.45, 7) is 1.87. The molecule has 0 heterocycles. The molecule has 2 aromatic rings. The maximum absolute atomic E-state index is 12.0. The Hall–Kier alpha value is -1.32. The zero-order chi connectivity index (χ0) is 13.1. The lowest BCUT2D eigenvalue weighted by Gasteiger charge is -2.07. The Labute approximate surface area is 119 Å². The minimum atomic E-state index is -0.145. The van der Waals surface area contributed by atoms with Crippen molar-refractivity contribution in [1.82, 2.24) is 0 Å². The van der Waals surface area contributed by atoms with Crippen molar-refractivity contribution in [2.24, 2.45) is 0 Å². The molecule has 0 atom stereocenters. The molecule has 2 nitrogen and oxygen atoms in total. The first-order valence-corrected chi connectivity index (χ1v) is 6.56. The molecule has 0 spiro atoms. The van der Waals surface area contributed by atoms with Gasteiger partial charge in [-0.3, -0.25) is 4.79 Å². The summed E-state index contributed by atoms with van der Waals surface area (Å²) in [6, 6.07) is 12.7. The third-order valence-electron chi connectivity index (χ3n) is 2.50. The molecule has 2 rings (SSSR count). The monoisotopic (exact) mass is 323 g/mol. The average molecular weight is 325 g/mol. The molecule has 2 aromatic carbocycles. The zero-order valence-electron chi connectivity index (χ0n) is 9.71. The van der Waals surface area contributed by atoms with Crippen LogP contribution in [-0.2, 0) is 0 Å². The molecule has 4 heteroatoms. The second-order valence-corrected chi connectivity index (χ2v) is 5.25. The third-order valence-corrected chi connectivity index (χ3v) is 3.42. The predicted molar refractivity (Wildman–Crippen MR) is 78.3 cm³/mol. The second-order valence-electron chi connectivity index (χ2n) is 3.93. The average Bonchev–Trinajstić information content (AvgIpc) is 2.32. The predicted octanol–water partition coefficient (Wildman–Crippen LogP) is 4.66. The molecule has 0 bridgehead atoms. The Bertz CT molecular complexity index is 598. The summed E-state index contributed by atoms with van der Waals surface area (Å²) in [5.41, 5.74) is 2.23. The fourth-order valence-electron chi connectivity index (χ4n) is 1.56. The highest BCUT2D eigenvalue weighted by Gasteiger charge is 2.07. The molecule has 1 amide bonds. The van der Waals surface area contributed by atoms with Gasteiger partial charge >= 0.3 is 0 Å². The minimum Gasteiger partial charge on any atom is -0.322 e. The molecule has 0 aliphatic rings. The number of aryl methyl sites for hydroxylation is 1. The number of hydrogen-bond acceptors (Lipinski definition) is 1. The molecule has 0 aromatic heterocycles. The number of anilines is 1. The lowest BCUT2D eigenvalue weighted by Crippen LogP contribution is -2.11. The van der Waals surface area contributed by atoms with E-state index in [1.54, 1.807) is 18.2 Å². The van der Waals surface area contributed by atoms with Crippen LogP contribution in [0.2, 0.25) is 5.02 Å². The van der Waals surface area contributed by atoms with Gasteiger partial charge in [0.05, 0.1) is 0 Å². The molecule has 0 saturated carbocycles.